The molecule has 24 heavy (non-hydrogen) atoms. The minimum atomic E-state index is -0.664. The molecule has 0 saturated carbocycles. The fourth-order valence-electron chi connectivity index (χ4n) is 3.33. The predicted octanol–water partition coefficient (Wildman–Crippen LogP) is 3.01. The molecule has 0 spiro atoms. The maximum Gasteiger partial charge on any atom is 0.205 e. The Labute approximate surface area is 145 Å². The summed E-state index contributed by atoms with van der Waals surface area (Å²) in [5.74, 6) is -0.162. The molecule has 7 heteroatoms. The maximum absolute atomic E-state index is 12.8. The van der Waals surface area contributed by atoms with Gasteiger partial charge in [-0.2, -0.15) is 10.4 Å². The number of aryl methyl sites for hydroxylation is 1. The van der Waals surface area contributed by atoms with Gasteiger partial charge in [-0.1, -0.05) is 25.4 Å². The maximum atomic E-state index is 12.8. The van der Waals surface area contributed by atoms with Crippen molar-refractivity contribution < 1.29 is 9.53 Å². The van der Waals surface area contributed by atoms with E-state index in [-0.39, 0.29) is 22.7 Å². The molecule has 2 heterocycles. The van der Waals surface area contributed by atoms with Crippen LogP contribution >= 0.6 is 11.6 Å². The molecular formula is C17H19ClN4O2. The number of rotatable bonds is 2. The molecule has 0 fully saturated rings. The first-order chi connectivity index (χ1) is 11.3. The fraction of sp³-hybridized carbons (Fsp3) is 0.471. The number of aromatic nitrogens is 2. The third-order valence-electron chi connectivity index (χ3n) is 4.42. The lowest BCUT2D eigenvalue weighted by molar-refractivity contribution is -0.119. The van der Waals surface area contributed by atoms with E-state index >= 15 is 0 Å². The molecule has 0 unspecified atom stereocenters. The quantitative estimate of drug-likeness (QED) is 0.888. The topological polar surface area (TPSA) is 93.9 Å². The van der Waals surface area contributed by atoms with Gasteiger partial charge in [0.1, 0.15) is 17.4 Å². The van der Waals surface area contributed by atoms with Crippen molar-refractivity contribution in [2.75, 3.05) is 0 Å². The zero-order chi connectivity index (χ0) is 17.6. The number of Topliss-reactive ketones (excluding diaryl/α,β-unsaturated/α-hetero) is 1. The number of nitriles is 1. The first-order valence-electron chi connectivity index (χ1n) is 7.84. The summed E-state index contributed by atoms with van der Waals surface area (Å²) in [6.07, 6.45) is 2.65. The number of nitrogens with zero attached hydrogens (tertiary/aromatic N) is 3. The normalized spacial score (nSPS) is 23.0. The third kappa shape index (κ3) is 2.59. The van der Waals surface area contributed by atoms with Crippen molar-refractivity contribution in [2.24, 2.45) is 11.1 Å². The van der Waals surface area contributed by atoms with Gasteiger partial charge in [-0.05, 0) is 12.3 Å². The number of allylic oxidation sites excluding steroid dienone is 3. The van der Waals surface area contributed by atoms with Gasteiger partial charge in [-0.25, -0.2) is 0 Å². The molecule has 0 saturated heterocycles. The molecule has 1 aromatic heterocycles. The molecular weight excluding hydrogens is 328 g/mol. The Hall–Kier alpha value is -2.26. The van der Waals surface area contributed by atoms with E-state index in [0.717, 1.165) is 0 Å². The van der Waals surface area contributed by atoms with E-state index in [0.29, 0.717) is 41.4 Å². The summed E-state index contributed by atoms with van der Waals surface area (Å²) in [5, 5.41) is 14.4. The van der Waals surface area contributed by atoms with Crippen LogP contribution in [-0.2, 0) is 16.1 Å². The SMILES string of the molecule is CCn1cc(Cl)c([C@@H]2C(C#N)=C(N)OC3=C2C(=O)CC(C)(C)C3)n1. The van der Waals surface area contributed by atoms with E-state index < -0.39 is 5.92 Å². The highest BCUT2D eigenvalue weighted by Gasteiger charge is 2.44. The second-order valence-electron chi connectivity index (χ2n) is 6.92. The number of ether oxygens (including phenoxy) is 1. The highest BCUT2D eigenvalue weighted by atomic mass is 35.5. The van der Waals surface area contributed by atoms with Crippen LogP contribution in [0.4, 0.5) is 0 Å². The highest BCUT2D eigenvalue weighted by Crippen LogP contribution is 2.48. The Balaban J connectivity index is 2.20. The average Bonchev–Trinajstić information content (AvgIpc) is 2.85. The Kier molecular flexibility index (Phi) is 3.92. The molecule has 0 aromatic carbocycles. The zero-order valence-corrected chi connectivity index (χ0v) is 14.6. The van der Waals surface area contributed by atoms with Crippen molar-refractivity contribution in [3.63, 3.8) is 0 Å². The average molecular weight is 347 g/mol. The van der Waals surface area contributed by atoms with E-state index in [2.05, 4.69) is 11.2 Å². The van der Waals surface area contributed by atoms with Crippen molar-refractivity contribution in [1.29, 1.82) is 5.26 Å². The second kappa shape index (κ2) is 5.67. The molecule has 126 valence electrons. The van der Waals surface area contributed by atoms with Crippen molar-refractivity contribution in [1.82, 2.24) is 9.78 Å². The smallest absolute Gasteiger partial charge is 0.205 e. The Morgan fingerprint density at radius 1 is 1.54 bits per heavy atom. The number of nitrogens with two attached hydrogens (primary N) is 1. The molecule has 1 aromatic rings. The first kappa shape index (κ1) is 16.6. The third-order valence-corrected chi connectivity index (χ3v) is 4.71. The van der Waals surface area contributed by atoms with Gasteiger partial charge < -0.3 is 10.5 Å². The highest BCUT2D eigenvalue weighted by molar-refractivity contribution is 6.31. The molecule has 1 aliphatic carbocycles. The summed E-state index contributed by atoms with van der Waals surface area (Å²) in [5.41, 5.74) is 6.87. The van der Waals surface area contributed by atoms with E-state index in [1.165, 1.54) is 0 Å². The Morgan fingerprint density at radius 3 is 2.83 bits per heavy atom. The minimum Gasteiger partial charge on any atom is -0.444 e. The molecule has 1 aliphatic heterocycles. The second-order valence-corrected chi connectivity index (χ2v) is 7.33. The summed E-state index contributed by atoms with van der Waals surface area (Å²) in [7, 11) is 0. The monoisotopic (exact) mass is 346 g/mol. The van der Waals surface area contributed by atoms with Crippen LogP contribution in [0.25, 0.3) is 0 Å². The number of halogens is 1. The Morgan fingerprint density at radius 2 is 2.25 bits per heavy atom. The standard InChI is InChI=1S/C17H19ClN4O2/c1-4-22-8-10(18)15(21-22)13-9(7-19)16(20)24-12-6-17(2,3)5-11(23)14(12)13/h8,13H,4-6,20H2,1-3H3/t13-/m1/s1. The van der Waals surface area contributed by atoms with Gasteiger partial charge in [-0.3, -0.25) is 9.48 Å². The van der Waals surface area contributed by atoms with Crippen molar-refractivity contribution in [2.45, 2.75) is 46.1 Å². The van der Waals surface area contributed by atoms with Crippen LogP contribution in [0, 0.1) is 16.7 Å². The van der Waals surface area contributed by atoms with Crippen LogP contribution in [0.2, 0.25) is 5.02 Å². The predicted molar refractivity (Wildman–Crippen MR) is 88.6 cm³/mol. The molecule has 0 radical (unpaired) electrons. The first-order valence-corrected chi connectivity index (χ1v) is 8.22. The lowest BCUT2D eigenvalue weighted by Crippen LogP contribution is -2.33. The van der Waals surface area contributed by atoms with Gasteiger partial charge in [0.2, 0.25) is 5.88 Å². The lowest BCUT2D eigenvalue weighted by atomic mass is 9.71. The molecule has 6 nitrogen and oxygen atoms in total. The van der Waals surface area contributed by atoms with Crippen molar-refractivity contribution in [3.8, 4) is 6.07 Å². The van der Waals surface area contributed by atoms with Crippen LogP contribution in [-0.4, -0.2) is 15.6 Å². The number of carbonyl (C=O) groups is 1. The molecule has 0 bridgehead atoms. The minimum absolute atomic E-state index is 0.0221. The number of ketones is 1. The van der Waals surface area contributed by atoms with E-state index in [1.807, 2.05) is 20.8 Å². The van der Waals surface area contributed by atoms with Crippen molar-refractivity contribution >= 4 is 17.4 Å². The lowest BCUT2D eigenvalue weighted by Gasteiger charge is -2.36. The fourth-order valence-corrected chi connectivity index (χ4v) is 3.59. The number of carbonyl (C=O) groups excluding carboxylic acids is 1. The van der Waals surface area contributed by atoms with Crippen LogP contribution in [0.5, 0.6) is 0 Å². The molecule has 3 rings (SSSR count). The molecule has 1 atom stereocenters. The Bertz CT molecular complexity index is 826. The van der Waals surface area contributed by atoms with Gasteiger partial charge in [-0.15, -0.1) is 0 Å². The molecule has 0 amide bonds. The summed E-state index contributed by atoms with van der Waals surface area (Å²) in [6, 6.07) is 2.07. The summed E-state index contributed by atoms with van der Waals surface area (Å²) < 4.78 is 7.32. The molecule has 2 aliphatic rings. The largest absolute Gasteiger partial charge is 0.444 e. The summed E-state index contributed by atoms with van der Waals surface area (Å²) >= 11 is 6.33. The van der Waals surface area contributed by atoms with Gasteiger partial charge in [0.15, 0.2) is 5.78 Å². The van der Waals surface area contributed by atoms with Crippen LogP contribution < -0.4 is 5.73 Å². The summed E-state index contributed by atoms with van der Waals surface area (Å²) in [4.78, 5) is 12.8. The van der Waals surface area contributed by atoms with Crippen LogP contribution in [0.1, 0.15) is 45.2 Å². The van der Waals surface area contributed by atoms with Crippen LogP contribution in [0.15, 0.2) is 29.0 Å². The molecule has 2 N–H and O–H groups in total. The van der Waals surface area contributed by atoms with Gasteiger partial charge in [0.05, 0.1) is 16.6 Å². The van der Waals surface area contributed by atoms with Crippen LogP contribution in [0.3, 0.4) is 0 Å². The van der Waals surface area contributed by atoms with Crippen molar-refractivity contribution in [3.05, 3.63) is 39.7 Å². The number of hydrogen-bond acceptors (Lipinski definition) is 5. The van der Waals surface area contributed by atoms with Gasteiger partial charge in [0.25, 0.3) is 0 Å². The van der Waals surface area contributed by atoms with E-state index in [1.54, 1.807) is 10.9 Å². The van der Waals surface area contributed by atoms with E-state index in [4.69, 9.17) is 22.1 Å². The zero-order valence-electron chi connectivity index (χ0n) is 13.9. The van der Waals surface area contributed by atoms with E-state index in [9.17, 15) is 10.1 Å². The van der Waals surface area contributed by atoms with Gasteiger partial charge in [0, 0.05) is 31.2 Å². The van der Waals surface area contributed by atoms with Gasteiger partial charge >= 0.3 is 0 Å². The number of hydrogen-bond donors (Lipinski definition) is 1. The summed E-state index contributed by atoms with van der Waals surface area (Å²) in [6.45, 7) is 6.58.